The lowest BCUT2D eigenvalue weighted by Crippen LogP contribution is -2.43. The summed E-state index contributed by atoms with van der Waals surface area (Å²) in [6.45, 7) is 1.87. The molecule has 0 aliphatic carbocycles. The molecular weight excluding hydrogens is 376 g/mol. The number of hydrogen-bond donors (Lipinski definition) is 2. The van der Waals surface area contributed by atoms with Gasteiger partial charge in [0.25, 0.3) is 0 Å². The molecule has 1 aliphatic heterocycles. The molecule has 2 aromatic rings. The van der Waals surface area contributed by atoms with Gasteiger partial charge < -0.3 is 21.3 Å². The van der Waals surface area contributed by atoms with E-state index in [4.69, 9.17) is 11.5 Å². The number of fused-ring (bicyclic) bond motifs is 1. The topological polar surface area (TPSA) is 92.7 Å². The number of halogens is 1. The molecule has 150 valence electrons. The maximum atomic E-state index is 13.0. The van der Waals surface area contributed by atoms with Gasteiger partial charge in [0.05, 0.1) is 6.54 Å². The molecule has 0 unspecified atom stereocenters. The van der Waals surface area contributed by atoms with Crippen molar-refractivity contribution in [1.82, 2.24) is 4.90 Å². The van der Waals surface area contributed by atoms with Crippen LogP contribution in [-0.2, 0) is 22.6 Å². The van der Waals surface area contributed by atoms with E-state index in [9.17, 15) is 9.59 Å². The molecule has 0 saturated carbocycles. The van der Waals surface area contributed by atoms with Gasteiger partial charge in [0.15, 0.2) is 0 Å². The first kappa shape index (κ1) is 21.6. The third kappa shape index (κ3) is 5.39. The van der Waals surface area contributed by atoms with Crippen molar-refractivity contribution in [3.05, 3.63) is 59.7 Å². The molecule has 0 bridgehead atoms. The minimum atomic E-state index is -0.406. The number of rotatable bonds is 7. The van der Waals surface area contributed by atoms with Crippen LogP contribution in [0.25, 0.3) is 0 Å². The standard InChI is InChI=1S/C21H26N4O2.ClH/c22-18-9-4-10-19-17(18)8-5-12-24(19)15-21(27)25(13-11-20(23)26)14-16-6-2-1-3-7-16;/h1-4,6-7,9-10H,5,8,11-15,22H2,(H2,23,26);1H. The molecule has 0 atom stereocenters. The largest absolute Gasteiger partial charge is 0.398 e. The first-order valence-corrected chi connectivity index (χ1v) is 9.27. The number of anilines is 2. The Hall–Kier alpha value is -2.73. The van der Waals surface area contributed by atoms with Gasteiger partial charge in [-0.15, -0.1) is 12.4 Å². The van der Waals surface area contributed by atoms with Gasteiger partial charge in [0.1, 0.15) is 0 Å². The van der Waals surface area contributed by atoms with Crippen molar-refractivity contribution in [2.75, 3.05) is 30.3 Å². The van der Waals surface area contributed by atoms with Gasteiger partial charge in [-0.3, -0.25) is 9.59 Å². The average molecular weight is 403 g/mol. The summed E-state index contributed by atoms with van der Waals surface area (Å²) in [5.74, 6) is -0.424. The third-order valence-corrected chi connectivity index (χ3v) is 4.91. The second-order valence-electron chi connectivity index (χ2n) is 6.89. The highest BCUT2D eigenvalue weighted by Gasteiger charge is 2.23. The van der Waals surface area contributed by atoms with Crippen LogP contribution in [0.2, 0.25) is 0 Å². The van der Waals surface area contributed by atoms with Crippen molar-refractivity contribution in [1.29, 1.82) is 0 Å². The average Bonchev–Trinajstić information content (AvgIpc) is 2.66. The fraction of sp³-hybridized carbons (Fsp3) is 0.333. The molecule has 2 amide bonds. The van der Waals surface area contributed by atoms with E-state index in [2.05, 4.69) is 4.90 Å². The zero-order valence-corrected chi connectivity index (χ0v) is 16.7. The predicted octanol–water partition coefficient (Wildman–Crippen LogP) is 2.35. The van der Waals surface area contributed by atoms with Crippen LogP contribution < -0.4 is 16.4 Å². The fourth-order valence-corrected chi connectivity index (χ4v) is 3.50. The summed E-state index contributed by atoms with van der Waals surface area (Å²) >= 11 is 0. The zero-order chi connectivity index (χ0) is 19.2. The third-order valence-electron chi connectivity index (χ3n) is 4.91. The molecule has 6 nitrogen and oxygen atoms in total. The number of hydrogen-bond acceptors (Lipinski definition) is 4. The van der Waals surface area contributed by atoms with Crippen LogP contribution in [0.3, 0.4) is 0 Å². The van der Waals surface area contributed by atoms with Crippen LogP contribution in [0.4, 0.5) is 11.4 Å². The van der Waals surface area contributed by atoms with Gasteiger partial charge in [-0.05, 0) is 36.1 Å². The maximum absolute atomic E-state index is 13.0. The number of nitrogens with zero attached hydrogens (tertiary/aromatic N) is 2. The van der Waals surface area contributed by atoms with Crippen LogP contribution in [0, 0.1) is 0 Å². The Morgan fingerprint density at radius 2 is 1.82 bits per heavy atom. The van der Waals surface area contributed by atoms with Crippen molar-refractivity contribution in [2.24, 2.45) is 5.73 Å². The SMILES string of the molecule is Cl.NC(=O)CCN(Cc1ccccc1)C(=O)CN1CCCc2c(N)cccc21. The Balaban J connectivity index is 0.00000280. The van der Waals surface area contributed by atoms with Crippen LogP contribution >= 0.6 is 12.4 Å². The van der Waals surface area contributed by atoms with E-state index >= 15 is 0 Å². The Bertz CT molecular complexity index is 813. The van der Waals surface area contributed by atoms with E-state index in [0.29, 0.717) is 13.1 Å². The molecule has 2 aromatic carbocycles. The fourth-order valence-electron chi connectivity index (χ4n) is 3.50. The second kappa shape index (κ2) is 9.99. The molecule has 0 radical (unpaired) electrons. The van der Waals surface area contributed by atoms with Crippen molar-refractivity contribution in [2.45, 2.75) is 25.8 Å². The zero-order valence-electron chi connectivity index (χ0n) is 15.8. The lowest BCUT2D eigenvalue weighted by Gasteiger charge is -2.33. The monoisotopic (exact) mass is 402 g/mol. The van der Waals surface area contributed by atoms with E-state index < -0.39 is 5.91 Å². The molecule has 0 spiro atoms. The van der Waals surface area contributed by atoms with E-state index in [1.165, 1.54) is 0 Å². The molecule has 3 rings (SSSR count). The summed E-state index contributed by atoms with van der Waals surface area (Å²) in [5.41, 5.74) is 15.4. The minimum Gasteiger partial charge on any atom is -0.398 e. The van der Waals surface area contributed by atoms with E-state index in [1.54, 1.807) is 4.90 Å². The molecule has 28 heavy (non-hydrogen) atoms. The summed E-state index contributed by atoms with van der Waals surface area (Å²) in [6, 6.07) is 15.6. The molecule has 7 heteroatoms. The number of carbonyl (C=O) groups is 2. The van der Waals surface area contributed by atoms with Crippen LogP contribution in [0.15, 0.2) is 48.5 Å². The van der Waals surface area contributed by atoms with Crippen molar-refractivity contribution in [3.63, 3.8) is 0 Å². The molecule has 1 heterocycles. The Kier molecular flexibility index (Phi) is 7.70. The van der Waals surface area contributed by atoms with Gasteiger partial charge in [0, 0.05) is 37.4 Å². The number of amides is 2. The van der Waals surface area contributed by atoms with Gasteiger partial charge in [-0.2, -0.15) is 0 Å². The van der Waals surface area contributed by atoms with Crippen molar-refractivity contribution >= 4 is 35.6 Å². The van der Waals surface area contributed by atoms with E-state index in [1.807, 2.05) is 48.5 Å². The first-order valence-electron chi connectivity index (χ1n) is 9.27. The van der Waals surface area contributed by atoms with Crippen molar-refractivity contribution in [3.8, 4) is 0 Å². The van der Waals surface area contributed by atoms with Gasteiger partial charge >= 0.3 is 0 Å². The van der Waals surface area contributed by atoms with E-state index in [-0.39, 0.29) is 31.3 Å². The number of benzene rings is 2. The molecule has 0 saturated heterocycles. The highest BCUT2D eigenvalue weighted by Crippen LogP contribution is 2.31. The number of carbonyl (C=O) groups excluding carboxylic acids is 2. The molecule has 0 fully saturated rings. The van der Waals surface area contributed by atoms with Crippen LogP contribution in [0.1, 0.15) is 24.0 Å². The quantitative estimate of drug-likeness (QED) is 0.695. The maximum Gasteiger partial charge on any atom is 0.242 e. The lowest BCUT2D eigenvalue weighted by molar-refractivity contribution is -0.131. The molecule has 0 aromatic heterocycles. The van der Waals surface area contributed by atoms with Crippen LogP contribution in [0.5, 0.6) is 0 Å². The summed E-state index contributed by atoms with van der Waals surface area (Å²) < 4.78 is 0. The van der Waals surface area contributed by atoms with Gasteiger partial charge in [-0.25, -0.2) is 0 Å². The van der Waals surface area contributed by atoms with E-state index in [0.717, 1.165) is 41.9 Å². The normalized spacial score (nSPS) is 12.6. The highest BCUT2D eigenvalue weighted by molar-refractivity contribution is 5.85. The smallest absolute Gasteiger partial charge is 0.242 e. The summed E-state index contributed by atoms with van der Waals surface area (Å²) in [5, 5.41) is 0. The minimum absolute atomic E-state index is 0. The number of nitrogens with two attached hydrogens (primary N) is 2. The number of nitrogen functional groups attached to an aromatic ring is 1. The Morgan fingerprint density at radius 3 is 2.54 bits per heavy atom. The Morgan fingerprint density at radius 1 is 1.07 bits per heavy atom. The Labute approximate surface area is 171 Å². The van der Waals surface area contributed by atoms with Crippen LogP contribution in [-0.4, -0.2) is 36.3 Å². The molecule has 1 aliphatic rings. The number of primary amides is 1. The molecule has 4 N–H and O–H groups in total. The van der Waals surface area contributed by atoms with Gasteiger partial charge in [-0.1, -0.05) is 36.4 Å². The summed E-state index contributed by atoms with van der Waals surface area (Å²) in [6.07, 6.45) is 2.05. The highest BCUT2D eigenvalue weighted by atomic mass is 35.5. The summed E-state index contributed by atoms with van der Waals surface area (Å²) in [7, 11) is 0. The summed E-state index contributed by atoms with van der Waals surface area (Å²) in [4.78, 5) is 28.0. The second-order valence-corrected chi connectivity index (χ2v) is 6.89. The lowest BCUT2D eigenvalue weighted by atomic mass is 10.00. The molecular formula is C21H27ClN4O2. The van der Waals surface area contributed by atoms with Crippen molar-refractivity contribution < 1.29 is 9.59 Å². The predicted molar refractivity (Wildman–Crippen MR) is 114 cm³/mol. The van der Waals surface area contributed by atoms with Gasteiger partial charge in [0.2, 0.25) is 11.8 Å². The first-order chi connectivity index (χ1) is 13.0.